The molecule has 98 valence electrons. The van der Waals surface area contributed by atoms with Crippen molar-refractivity contribution < 1.29 is 4.39 Å². The van der Waals surface area contributed by atoms with E-state index in [1.54, 1.807) is 6.07 Å². The third kappa shape index (κ3) is 2.28. The lowest BCUT2D eigenvalue weighted by molar-refractivity contribution is 0.322. The zero-order chi connectivity index (χ0) is 12.5. The Morgan fingerprint density at radius 2 is 1.89 bits per heavy atom. The Labute approximate surface area is 112 Å². The maximum absolute atomic E-state index is 13.4. The lowest BCUT2D eigenvalue weighted by Gasteiger charge is -2.36. The first-order chi connectivity index (χ1) is 8.74. The molecule has 2 nitrogen and oxygen atoms in total. The van der Waals surface area contributed by atoms with Crippen LogP contribution in [0.5, 0.6) is 0 Å². The fraction of sp³-hybridized carbons (Fsp3) is 0.571. The van der Waals surface area contributed by atoms with Crippen LogP contribution in [0.1, 0.15) is 32.1 Å². The molecule has 0 aromatic heterocycles. The molecule has 18 heavy (non-hydrogen) atoms. The normalized spacial score (nSPS) is 24.0. The highest BCUT2D eigenvalue weighted by Crippen LogP contribution is 2.35. The van der Waals surface area contributed by atoms with Crippen LogP contribution in [0.25, 0.3) is 0 Å². The number of nitrogens with one attached hydrogen (secondary N) is 2. The molecule has 0 saturated heterocycles. The van der Waals surface area contributed by atoms with Crippen LogP contribution in [0, 0.1) is 11.7 Å². The minimum absolute atomic E-state index is 0.187. The van der Waals surface area contributed by atoms with Gasteiger partial charge in [-0.25, -0.2) is 4.39 Å². The van der Waals surface area contributed by atoms with E-state index >= 15 is 0 Å². The summed E-state index contributed by atoms with van der Waals surface area (Å²) in [6.07, 6.45) is 6.62. The Bertz CT molecular complexity index is 444. The molecule has 0 amide bonds. The number of benzene rings is 1. The van der Waals surface area contributed by atoms with Gasteiger partial charge in [0, 0.05) is 18.7 Å². The van der Waals surface area contributed by atoms with E-state index in [1.807, 2.05) is 0 Å². The number of hydrogen-bond acceptors (Lipinski definition) is 2. The summed E-state index contributed by atoms with van der Waals surface area (Å²) in [6, 6.07) is 3.61. The molecule has 1 heterocycles. The van der Waals surface area contributed by atoms with Crippen molar-refractivity contribution in [1.82, 2.24) is 0 Å². The van der Waals surface area contributed by atoms with Gasteiger partial charge in [0.25, 0.3) is 0 Å². The summed E-state index contributed by atoms with van der Waals surface area (Å²) in [5, 5.41) is 7.03. The minimum Gasteiger partial charge on any atom is -0.381 e. The van der Waals surface area contributed by atoms with Crippen molar-refractivity contribution in [3.63, 3.8) is 0 Å². The number of hydrogen-bond donors (Lipinski definition) is 2. The molecule has 1 aromatic rings. The molecule has 4 heteroatoms. The molecule has 1 unspecified atom stereocenters. The van der Waals surface area contributed by atoms with Crippen molar-refractivity contribution in [3.05, 3.63) is 23.0 Å². The van der Waals surface area contributed by atoms with E-state index in [1.165, 1.54) is 38.2 Å². The van der Waals surface area contributed by atoms with Crippen LogP contribution in [0.3, 0.4) is 0 Å². The first-order valence-electron chi connectivity index (χ1n) is 6.73. The van der Waals surface area contributed by atoms with E-state index in [-0.39, 0.29) is 10.8 Å². The molecule has 1 aromatic carbocycles. The molecule has 1 fully saturated rings. The molecule has 2 N–H and O–H groups in total. The molecule has 2 aliphatic rings. The molecule has 1 aliphatic carbocycles. The Morgan fingerprint density at radius 1 is 1.11 bits per heavy atom. The number of halogens is 2. The highest BCUT2D eigenvalue weighted by molar-refractivity contribution is 6.31. The van der Waals surface area contributed by atoms with E-state index in [0.29, 0.717) is 6.04 Å². The van der Waals surface area contributed by atoms with E-state index in [4.69, 9.17) is 11.6 Å². The second kappa shape index (κ2) is 4.96. The molecule has 1 saturated carbocycles. The summed E-state index contributed by atoms with van der Waals surface area (Å²) in [7, 11) is 0. The van der Waals surface area contributed by atoms with Crippen LogP contribution in [0.2, 0.25) is 5.02 Å². The molecular formula is C14H18ClFN2. The fourth-order valence-corrected chi connectivity index (χ4v) is 3.27. The van der Waals surface area contributed by atoms with Gasteiger partial charge in [0.15, 0.2) is 0 Å². The van der Waals surface area contributed by atoms with Crippen LogP contribution in [0.4, 0.5) is 15.8 Å². The Hall–Kier alpha value is -0.960. The molecule has 1 atom stereocenters. The monoisotopic (exact) mass is 268 g/mol. The zero-order valence-electron chi connectivity index (χ0n) is 10.3. The predicted molar refractivity (Wildman–Crippen MR) is 73.9 cm³/mol. The van der Waals surface area contributed by atoms with Gasteiger partial charge in [-0.3, -0.25) is 0 Å². The lowest BCUT2D eigenvalue weighted by Crippen LogP contribution is -2.40. The first kappa shape index (κ1) is 12.1. The van der Waals surface area contributed by atoms with Gasteiger partial charge in [0.05, 0.1) is 16.4 Å². The largest absolute Gasteiger partial charge is 0.381 e. The standard InChI is InChI=1S/C14H18ClFN2/c15-10-6-13-12(7-11(10)16)17-8-14(18-13)9-4-2-1-3-5-9/h6-7,9,14,17-18H,1-5,8H2. The highest BCUT2D eigenvalue weighted by atomic mass is 35.5. The predicted octanol–water partition coefficient (Wildman–Crippen LogP) is 4.27. The average molecular weight is 269 g/mol. The fourth-order valence-electron chi connectivity index (χ4n) is 3.10. The first-order valence-corrected chi connectivity index (χ1v) is 7.11. The Balaban J connectivity index is 1.77. The van der Waals surface area contributed by atoms with Crippen LogP contribution in [0.15, 0.2) is 12.1 Å². The lowest BCUT2D eigenvalue weighted by atomic mass is 9.83. The summed E-state index contributed by atoms with van der Waals surface area (Å²) in [5.74, 6) is 0.365. The summed E-state index contributed by atoms with van der Waals surface area (Å²) < 4.78 is 13.4. The van der Waals surface area contributed by atoms with Gasteiger partial charge >= 0.3 is 0 Å². The van der Waals surface area contributed by atoms with Crippen LogP contribution in [-0.4, -0.2) is 12.6 Å². The maximum Gasteiger partial charge on any atom is 0.143 e. The van der Waals surface area contributed by atoms with Crippen LogP contribution >= 0.6 is 11.6 Å². The van der Waals surface area contributed by atoms with Crippen molar-refractivity contribution >= 4 is 23.0 Å². The van der Waals surface area contributed by atoms with E-state index < -0.39 is 0 Å². The summed E-state index contributed by atoms with van der Waals surface area (Å²) in [6.45, 7) is 0.874. The maximum atomic E-state index is 13.4. The SMILES string of the molecule is Fc1cc2c(cc1Cl)NC(C1CCCCC1)CN2. The minimum atomic E-state index is -0.360. The second-order valence-corrected chi connectivity index (χ2v) is 5.75. The average Bonchev–Trinajstić information content (AvgIpc) is 2.41. The number of fused-ring (bicyclic) bond motifs is 1. The van der Waals surface area contributed by atoms with E-state index in [2.05, 4.69) is 10.6 Å². The quantitative estimate of drug-likeness (QED) is 0.795. The third-order valence-electron chi connectivity index (χ3n) is 4.13. The smallest absolute Gasteiger partial charge is 0.143 e. The second-order valence-electron chi connectivity index (χ2n) is 5.34. The van der Waals surface area contributed by atoms with Crippen molar-refractivity contribution in [2.24, 2.45) is 5.92 Å². The van der Waals surface area contributed by atoms with Gasteiger partial charge in [-0.1, -0.05) is 30.9 Å². The summed E-state index contributed by atoms with van der Waals surface area (Å²) in [4.78, 5) is 0. The van der Waals surface area contributed by atoms with Crippen molar-refractivity contribution in [3.8, 4) is 0 Å². The molecular weight excluding hydrogens is 251 g/mol. The van der Waals surface area contributed by atoms with Crippen molar-refractivity contribution in [2.45, 2.75) is 38.1 Å². The molecule has 0 radical (unpaired) electrons. The van der Waals surface area contributed by atoms with Gasteiger partial charge in [0.1, 0.15) is 5.82 Å². The van der Waals surface area contributed by atoms with Crippen LogP contribution < -0.4 is 10.6 Å². The van der Waals surface area contributed by atoms with Gasteiger partial charge < -0.3 is 10.6 Å². The zero-order valence-corrected chi connectivity index (χ0v) is 11.1. The molecule has 0 spiro atoms. The van der Waals surface area contributed by atoms with Gasteiger partial charge in [-0.15, -0.1) is 0 Å². The van der Waals surface area contributed by atoms with Gasteiger partial charge in [-0.2, -0.15) is 0 Å². The van der Waals surface area contributed by atoms with Gasteiger partial charge in [-0.05, 0) is 24.8 Å². The van der Waals surface area contributed by atoms with E-state index in [0.717, 1.165) is 23.8 Å². The molecule has 1 aliphatic heterocycles. The van der Waals surface area contributed by atoms with Gasteiger partial charge in [0.2, 0.25) is 0 Å². The summed E-state index contributed by atoms with van der Waals surface area (Å²) >= 11 is 5.84. The summed E-state index contributed by atoms with van der Waals surface area (Å²) in [5.41, 5.74) is 1.76. The Morgan fingerprint density at radius 3 is 2.67 bits per heavy atom. The van der Waals surface area contributed by atoms with Crippen molar-refractivity contribution in [1.29, 1.82) is 0 Å². The van der Waals surface area contributed by atoms with Crippen molar-refractivity contribution in [2.75, 3.05) is 17.2 Å². The van der Waals surface area contributed by atoms with Crippen LogP contribution in [-0.2, 0) is 0 Å². The topological polar surface area (TPSA) is 24.1 Å². The molecule has 3 rings (SSSR count). The third-order valence-corrected chi connectivity index (χ3v) is 4.42. The number of rotatable bonds is 1. The Kier molecular flexibility index (Phi) is 3.33. The van der Waals surface area contributed by atoms with E-state index in [9.17, 15) is 4.39 Å². The number of anilines is 2. The molecule has 0 bridgehead atoms. The highest BCUT2D eigenvalue weighted by Gasteiger charge is 2.27.